The SMILES string of the molecule is COC(=O)Cn1cc(S(=O)(=O)N2CCCC2C(=O)O)cn1. The van der Waals surface area contributed by atoms with Crippen LogP contribution in [0.4, 0.5) is 0 Å². The average molecular weight is 317 g/mol. The van der Waals surface area contributed by atoms with Crippen molar-refractivity contribution in [2.24, 2.45) is 0 Å². The molecule has 0 bridgehead atoms. The highest BCUT2D eigenvalue weighted by atomic mass is 32.2. The number of rotatable bonds is 5. The molecule has 0 saturated carbocycles. The molecule has 21 heavy (non-hydrogen) atoms. The van der Waals surface area contributed by atoms with Crippen molar-refractivity contribution in [1.82, 2.24) is 14.1 Å². The lowest BCUT2D eigenvalue weighted by Crippen LogP contribution is -2.40. The number of aliphatic carboxylic acids is 1. The fourth-order valence-corrected chi connectivity index (χ4v) is 3.78. The standard InChI is InChI=1S/C11H15N3O6S/c1-20-10(15)7-13-6-8(5-12-13)21(18,19)14-4-2-3-9(14)11(16)17/h5-6,9H,2-4,7H2,1H3,(H,16,17). The highest BCUT2D eigenvalue weighted by Gasteiger charge is 2.40. The molecule has 0 radical (unpaired) electrons. The van der Waals surface area contributed by atoms with Crippen LogP contribution in [0.25, 0.3) is 0 Å². The van der Waals surface area contributed by atoms with Crippen molar-refractivity contribution >= 4 is 22.0 Å². The van der Waals surface area contributed by atoms with E-state index in [-0.39, 0.29) is 24.4 Å². The second-order valence-electron chi connectivity index (χ2n) is 4.56. The quantitative estimate of drug-likeness (QED) is 0.713. The van der Waals surface area contributed by atoms with Crippen LogP contribution in [-0.4, -0.2) is 59.2 Å². The first-order chi connectivity index (χ1) is 9.86. The molecule has 1 aliphatic heterocycles. The van der Waals surface area contributed by atoms with Crippen molar-refractivity contribution < 1.29 is 27.9 Å². The van der Waals surface area contributed by atoms with E-state index in [4.69, 9.17) is 5.11 Å². The van der Waals surface area contributed by atoms with Crippen LogP contribution in [-0.2, 0) is 30.9 Å². The van der Waals surface area contributed by atoms with Gasteiger partial charge in [0.05, 0.1) is 13.3 Å². The minimum atomic E-state index is -3.94. The van der Waals surface area contributed by atoms with Gasteiger partial charge in [0.2, 0.25) is 10.0 Å². The Labute approximate surface area is 121 Å². The zero-order chi connectivity index (χ0) is 15.6. The Balaban J connectivity index is 2.24. The Kier molecular flexibility index (Phi) is 4.28. The number of ether oxygens (including phenoxy) is 1. The fourth-order valence-electron chi connectivity index (χ4n) is 2.17. The van der Waals surface area contributed by atoms with Gasteiger partial charge in [0, 0.05) is 12.7 Å². The summed E-state index contributed by atoms with van der Waals surface area (Å²) in [4.78, 5) is 22.1. The predicted molar refractivity (Wildman–Crippen MR) is 68.8 cm³/mol. The Morgan fingerprint density at radius 3 is 2.86 bits per heavy atom. The zero-order valence-corrected chi connectivity index (χ0v) is 12.1. The molecule has 1 unspecified atom stereocenters. The topological polar surface area (TPSA) is 119 Å². The van der Waals surface area contributed by atoms with E-state index in [0.717, 1.165) is 15.2 Å². The summed E-state index contributed by atoms with van der Waals surface area (Å²) in [6.45, 7) is -0.0597. The first-order valence-corrected chi connectivity index (χ1v) is 7.64. The number of aromatic nitrogens is 2. The van der Waals surface area contributed by atoms with E-state index in [0.29, 0.717) is 6.42 Å². The van der Waals surface area contributed by atoms with Crippen LogP contribution in [0.3, 0.4) is 0 Å². The van der Waals surface area contributed by atoms with Gasteiger partial charge >= 0.3 is 11.9 Å². The van der Waals surface area contributed by atoms with Crippen LogP contribution in [0.15, 0.2) is 17.3 Å². The lowest BCUT2D eigenvalue weighted by atomic mass is 10.2. The molecule has 9 nitrogen and oxygen atoms in total. The molecule has 0 amide bonds. The first kappa shape index (κ1) is 15.4. The number of hydrogen-bond acceptors (Lipinski definition) is 6. The molecule has 1 fully saturated rings. The van der Waals surface area contributed by atoms with E-state index < -0.39 is 28.0 Å². The van der Waals surface area contributed by atoms with E-state index in [9.17, 15) is 18.0 Å². The van der Waals surface area contributed by atoms with Crippen LogP contribution < -0.4 is 0 Å². The number of sulfonamides is 1. The summed E-state index contributed by atoms with van der Waals surface area (Å²) in [6.07, 6.45) is 3.05. The van der Waals surface area contributed by atoms with Crippen molar-refractivity contribution in [1.29, 1.82) is 0 Å². The monoisotopic (exact) mass is 317 g/mol. The summed E-state index contributed by atoms with van der Waals surface area (Å²) < 4.78 is 31.4. The Morgan fingerprint density at radius 1 is 1.52 bits per heavy atom. The van der Waals surface area contributed by atoms with Crippen molar-refractivity contribution in [2.45, 2.75) is 30.3 Å². The molecular formula is C11H15N3O6S. The maximum Gasteiger partial charge on any atom is 0.327 e. The number of carbonyl (C=O) groups is 2. The molecule has 0 spiro atoms. The van der Waals surface area contributed by atoms with Crippen molar-refractivity contribution in [3.8, 4) is 0 Å². The molecule has 0 aromatic carbocycles. The Morgan fingerprint density at radius 2 is 2.24 bits per heavy atom. The minimum Gasteiger partial charge on any atom is -0.480 e. The number of hydrogen-bond donors (Lipinski definition) is 1. The molecule has 1 aliphatic rings. The molecule has 2 rings (SSSR count). The number of methoxy groups -OCH3 is 1. The zero-order valence-electron chi connectivity index (χ0n) is 11.3. The van der Waals surface area contributed by atoms with E-state index in [1.54, 1.807) is 0 Å². The van der Waals surface area contributed by atoms with Gasteiger partial charge in [-0.2, -0.15) is 9.40 Å². The van der Waals surface area contributed by atoms with Gasteiger partial charge in [-0.15, -0.1) is 0 Å². The predicted octanol–water partition coefficient (Wildman–Crippen LogP) is -0.706. The maximum atomic E-state index is 12.4. The largest absolute Gasteiger partial charge is 0.480 e. The highest BCUT2D eigenvalue weighted by molar-refractivity contribution is 7.89. The molecule has 0 aliphatic carbocycles. The summed E-state index contributed by atoms with van der Waals surface area (Å²) in [6, 6.07) is -1.06. The summed E-state index contributed by atoms with van der Waals surface area (Å²) in [7, 11) is -2.72. The van der Waals surface area contributed by atoms with Gasteiger partial charge in [-0.05, 0) is 12.8 Å². The maximum absolute atomic E-state index is 12.4. The highest BCUT2D eigenvalue weighted by Crippen LogP contribution is 2.25. The van der Waals surface area contributed by atoms with Gasteiger partial charge in [0.1, 0.15) is 17.5 Å². The Bertz CT molecular complexity index is 653. The number of carboxylic acids is 1. The third-order valence-electron chi connectivity index (χ3n) is 3.22. The summed E-state index contributed by atoms with van der Waals surface area (Å²) in [5, 5.41) is 12.8. The molecule has 1 aromatic heterocycles. The van der Waals surface area contributed by atoms with Gasteiger partial charge < -0.3 is 9.84 Å². The molecule has 10 heteroatoms. The summed E-state index contributed by atoms with van der Waals surface area (Å²) in [5.74, 6) is -1.73. The normalized spacial score (nSPS) is 19.6. The number of nitrogens with zero attached hydrogens (tertiary/aromatic N) is 3. The average Bonchev–Trinajstić information content (AvgIpc) is 3.07. The summed E-state index contributed by atoms with van der Waals surface area (Å²) >= 11 is 0. The molecule has 116 valence electrons. The van der Waals surface area contributed by atoms with Crippen LogP contribution in [0.1, 0.15) is 12.8 Å². The molecule has 2 heterocycles. The molecule has 1 N–H and O–H groups in total. The molecule has 1 aromatic rings. The lowest BCUT2D eigenvalue weighted by Gasteiger charge is -2.19. The second kappa shape index (κ2) is 5.82. The van der Waals surface area contributed by atoms with Crippen molar-refractivity contribution in [3.63, 3.8) is 0 Å². The number of carbonyl (C=O) groups excluding carboxylic acids is 1. The molecular weight excluding hydrogens is 302 g/mol. The lowest BCUT2D eigenvalue weighted by molar-refractivity contribution is -0.142. The van der Waals surface area contributed by atoms with Gasteiger partial charge in [-0.25, -0.2) is 8.42 Å². The van der Waals surface area contributed by atoms with Crippen LogP contribution >= 0.6 is 0 Å². The third kappa shape index (κ3) is 3.05. The number of esters is 1. The van der Waals surface area contributed by atoms with E-state index in [1.807, 2.05) is 0 Å². The van der Waals surface area contributed by atoms with Crippen LogP contribution in [0.5, 0.6) is 0 Å². The van der Waals surface area contributed by atoms with Gasteiger partial charge in [0.25, 0.3) is 0 Å². The van der Waals surface area contributed by atoms with Crippen LogP contribution in [0.2, 0.25) is 0 Å². The number of carboxylic acid groups (broad SMARTS) is 1. The van der Waals surface area contributed by atoms with Gasteiger partial charge in [-0.1, -0.05) is 0 Å². The van der Waals surface area contributed by atoms with Crippen LogP contribution in [0, 0.1) is 0 Å². The van der Waals surface area contributed by atoms with E-state index in [1.165, 1.54) is 13.3 Å². The Hall–Kier alpha value is -1.94. The fraction of sp³-hybridized carbons (Fsp3) is 0.545. The molecule has 1 saturated heterocycles. The first-order valence-electron chi connectivity index (χ1n) is 6.20. The van der Waals surface area contributed by atoms with E-state index in [2.05, 4.69) is 9.84 Å². The van der Waals surface area contributed by atoms with E-state index >= 15 is 0 Å². The molecule has 1 atom stereocenters. The van der Waals surface area contributed by atoms with Gasteiger partial charge in [-0.3, -0.25) is 14.3 Å². The second-order valence-corrected chi connectivity index (χ2v) is 6.45. The third-order valence-corrected chi connectivity index (χ3v) is 5.08. The summed E-state index contributed by atoms with van der Waals surface area (Å²) in [5.41, 5.74) is 0. The van der Waals surface area contributed by atoms with Crippen molar-refractivity contribution in [3.05, 3.63) is 12.4 Å². The van der Waals surface area contributed by atoms with Crippen molar-refractivity contribution in [2.75, 3.05) is 13.7 Å². The smallest absolute Gasteiger partial charge is 0.327 e. The van der Waals surface area contributed by atoms with Gasteiger partial charge in [0.15, 0.2) is 0 Å². The minimum absolute atomic E-state index is 0.139.